The molecule has 0 amide bonds. The topological polar surface area (TPSA) is 35.5 Å². The summed E-state index contributed by atoms with van der Waals surface area (Å²) in [6.45, 7) is 21.7. The molecule has 2 atom stereocenters. The monoisotopic (exact) mass is 370 g/mol. The lowest BCUT2D eigenvalue weighted by Gasteiger charge is -2.35. The number of ether oxygens (including phenoxy) is 2. The third kappa shape index (κ3) is 11.9. The SMILES string of the molecule is CCCCCCC(C)(C)OCC(C)OC(=O)C(CC(C)(C)C)C(C)(C)C. The number of hydrogen-bond donors (Lipinski definition) is 0. The highest BCUT2D eigenvalue weighted by Gasteiger charge is 2.36. The Morgan fingerprint density at radius 1 is 0.923 bits per heavy atom. The van der Waals surface area contributed by atoms with Crippen molar-refractivity contribution in [2.45, 2.75) is 119 Å². The van der Waals surface area contributed by atoms with Crippen molar-refractivity contribution in [3.8, 4) is 0 Å². The molecule has 0 radical (unpaired) electrons. The highest BCUT2D eigenvalue weighted by Crippen LogP contribution is 2.37. The molecule has 26 heavy (non-hydrogen) atoms. The van der Waals surface area contributed by atoms with Crippen LogP contribution in [0.5, 0.6) is 0 Å². The molecule has 156 valence electrons. The first kappa shape index (κ1) is 25.4. The van der Waals surface area contributed by atoms with Crippen LogP contribution in [0.4, 0.5) is 0 Å². The number of esters is 1. The zero-order chi connectivity index (χ0) is 20.6. The molecule has 3 heteroatoms. The number of carbonyl (C=O) groups excluding carboxylic acids is 1. The van der Waals surface area contributed by atoms with Crippen LogP contribution in [0.3, 0.4) is 0 Å². The van der Waals surface area contributed by atoms with E-state index < -0.39 is 0 Å². The molecule has 0 heterocycles. The highest BCUT2D eigenvalue weighted by atomic mass is 16.6. The van der Waals surface area contributed by atoms with Crippen molar-refractivity contribution in [2.75, 3.05) is 6.61 Å². The first-order valence-electron chi connectivity index (χ1n) is 10.5. The molecule has 0 aliphatic heterocycles. The summed E-state index contributed by atoms with van der Waals surface area (Å²) in [5.41, 5.74) is -0.177. The Kier molecular flexibility index (Phi) is 10.4. The number of unbranched alkanes of at least 4 members (excludes halogenated alkanes) is 3. The second-order valence-electron chi connectivity index (χ2n) is 10.8. The standard InChI is InChI=1S/C23H46O3/c1-11-12-13-14-15-23(9,10)25-17-18(2)26-20(24)19(22(6,7)8)16-21(3,4)5/h18-19H,11-17H2,1-10H3. The lowest BCUT2D eigenvalue weighted by Crippen LogP contribution is -2.37. The fourth-order valence-corrected chi connectivity index (χ4v) is 3.06. The van der Waals surface area contributed by atoms with E-state index in [-0.39, 0.29) is 34.4 Å². The van der Waals surface area contributed by atoms with E-state index in [2.05, 4.69) is 62.3 Å². The first-order valence-corrected chi connectivity index (χ1v) is 10.5. The average molecular weight is 371 g/mol. The van der Waals surface area contributed by atoms with Crippen LogP contribution < -0.4 is 0 Å². The molecule has 3 nitrogen and oxygen atoms in total. The largest absolute Gasteiger partial charge is 0.460 e. The third-order valence-corrected chi connectivity index (χ3v) is 4.80. The Balaban J connectivity index is 4.54. The minimum Gasteiger partial charge on any atom is -0.460 e. The van der Waals surface area contributed by atoms with Crippen molar-refractivity contribution in [2.24, 2.45) is 16.7 Å². The summed E-state index contributed by atoms with van der Waals surface area (Å²) in [6.07, 6.45) is 6.63. The Bertz CT molecular complexity index is 399. The van der Waals surface area contributed by atoms with Gasteiger partial charge in [0, 0.05) is 0 Å². The fraction of sp³-hybridized carbons (Fsp3) is 0.957. The molecule has 0 spiro atoms. The summed E-state index contributed by atoms with van der Waals surface area (Å²) < 4.78 is 11.8. The molecule has 0 aromatic carbocycles. The van der Waals surface area contributed by atoms with Gasteiger partial charge in [-0.15, -0.1) is 0 Å². The summed E-state index contributed by atoms with van der Waals surface area (Å²) in [4.78, 5) is 12.8. The van der Waals surface area contributed by atoms with E-state index >= 15 is 0 Å². The predicted molar refractivity (Wildman–Crippen MR) is 111 cm³/mol. The van der Waals surface area contributed by atoms with E-state index in [4.69, 9.17) is 9.47 Å². The second-order valence-corrected chi connectivity index (χ2v) is 10.8. The van der Waals surface area contributed by atoms with Crippen LogP contribution in [0, 0.1) is 16.7 Å². The zero-order valence-corrected chi connectivity index (χ0v) is 19.3. The van der Waals surface area contributed by atoms with E-state index in [1.807, 2.05) is 6.92 Å². The smallest absolute Gasteiger partial charge is 0.309 e. The lowest BCUT2D eigenvalue weighted by atomic mass is 9.72. The van der Waals surface area contributed by atoms with Gasteiger partial charge in [0.05, 0.1) is 18.1 Å². The van der Waals surface area contributed by atoms with Crippen molar-refractivity contribution < 1.29 is 14.3 Å². The summed E-state index contributed by atoms with van der Waals surface area (Å²) in [6, 6.07) is 0. The molecule has 2 unspecified atom stereocenters. The van der Waals surface area contributed by atoms with Gasteiger partial charge in [-0.2, -0.15) is 0 Å². The minimum atomic E-state index is -0.220. The molecule has 0 N–H and O–H groups in total. The molecular weight excluding hydrogens is 324 g/mol. The van der Waals surface area contributed by atoms with Crippen molar-refractivity contribution in [1.29, 1.82) is 0 Å². The van der Waals surface area contributed by atoms with Crippen molar-refractivity contribution in [1.82, 2.24) is 0 Å². The van der Waals surface area contributed by atoms with Crippen molar-refractivity contribution in [3.05, 3.63) is 0 Å². The molecule has 0 aromatic heterocycles. The van der Waals surface area contributed by atoms with Crippen LogP contribution in [0.15, 0.2) is 0 Å². The molecule has 0 rings (SSSR count). The van der Waals surface area contributed by atoms with Gasteiger partial charge in [0.25, 0.3) is 0 Å². The summed E-state index contributed by atoms with van der Waals surface area (Å²) in [7, 11) is 0. The molecular formula is C23H46O3. The maximum Gasteiger partial charge on any atom is 0.309 e. The van der Waals surface area contributed by atoms with E-state index in [9.17, 15) is 4.79 Å². The minimum absolute atomic E-state index is 0.0933. The van der Waals surface area contributed by atoms with E-state index in [1.165, 1.54) is 25.7 Å². The van der Waals surface area contributed by atoms with Gasteiger partial charge in [-0.1, -0.05) is 74.1 Å². The Hall–Kier alpha value is -0.570. The fourth-order valence-electron chi connectivity index (χ4n) is 3.06. The summed E-state index contributed by atoms with van der Waals surface area (Å²) in [5.74, 6) is -0.198. The summed E-state index contributed by atoms with van der Waals surface area (Å²) >= 11 is 0. The number of carbonyl (C=O) groups is 1. The highest BCUT2D eigenvalue weighted by molar-refractivity contribution is 5.73. The second kappa shape index (κ2) is 10.7. The van der Waals surface area contributed by atoms with Gasteiger partial charge in [0.1, 0.15) is 6.10 Å². The molecule has 0 saturated carbocycles. The van der Waals surface area contributed by atoms with Gasteiger partial charge in [-0.05, 0) is 44.4 Å². The van der Waals surface area contributed by atoms with Crippen LogP contribution in [0.2, 0.25) is 0 Å². The van der Waals surface area contributed by atoms with Crippen LogP contribution in [-0.4, -0.2) is 24.3 Å². The van der Waals surface area contributed by atoms with Crippen molar-refractivity contribution >= 4 is 5.97 Å². The number of rotatable bonds is 11. The zero-order valence-electron chi connectivity index (χ0n) is 19.3. The van der Waals surface area contributed by atoms with Gasteiger partial charge in [-0.3, -0.25) is 4.79 Å². The molecule has 0 fully saturated rings. The normalized spacial score (nSPS) is 15.6. The molecule has 0 saturated heterocycles. The van der Waals surface area contributed by atoms with Gasteiger partial charge >= 0.3 is 5.97 Å². The van der Waals surface area contributed by atoms with E-state index in [0.29, 0.717) is 6.61 Å². The van der Waals surface area contributed by atoms with Crippen LogP contribution in [0.25, 0.3) is 0 Å². The maximum absolute atomic E-state index is 12.8. The lowest BCUT2D eigenvalue weighted by molar-refractivity contribution is -0.164. The quantitative estimate of drug-likeness (QED) is 0.297. The maximum atomic E-state index is 12.8. The average Bonchev–Trinajstić information content (AvgIpc) is 2.45. The molecule has 0 aromatic rings. The molecule has 0 aliphatic carbocycles. The van der Waals surface area contributed by atoms with Crippen LogP contribution >= 0.6 is 0 Å². The third-order valence-electron chi connectivity index (χ3n) is 4.80. The van der Waals surface area contributed by atoms with Gasteiger partial charge in [0.2, 0.25) is 0 Å². The number of hydrogen-bond acceptors (Lipinski definition) is 3. The van der Waals surface area contributed by atoms with Gasteiger partial charge < -0.3 is 9.47 Å². The molecule has 0 bridgehead atoms. The van der Waals surface area contributed by atoms with E-state index in [1.54, 1.807) is 0 Å². The summed E-state index contributed by atoms with van der Waals surface area (Å²) in [5, 5.41) is 0. The van der Waals surface area contributed by atoms with E-state index in [0.717, 1.165) is 12.8 Å². The Labute approximate surface area is 163 Å². The molecule has 0 aliphatic rings. The van der Waals surface area contributed by atoms with Crippen LogP contribution in [0.1, 0.15) is 108 Å². The Morgan fingerprint density at radius 3 is 1.96 bits per heavy atom. The van der Waals surface area contributed by atoms with Crippen LogP contribution in [-0.2, 0) is 14.3 Å². The predicted octanol–water partition coefficient (Wildman–Crippen LogP) is 6.78. The first-order chi connectivity index (χ1) is 11.7. The van der Waals surface area contributed by atoms with Gasteiger partial charge in [0.15, 0.2) is 0 Å². The Morgan fingerprint density at radius 2 is 1.50 bits per heavy atom. The van der Waals surface area contributed by atoms with Gasteiger partial charge in [-0.25, -0.2) is 0 Å². The van der Waals surface area contributed by atoms with Crippen molar-refractivity contribution in [3.63, 3.8) is 0 Å².